The Labute approximate surface area is 117 Å². The Kier molecular flexibility index (Phi) is 4.11. The van der Waals surface area contributed by atoms with Gasteiger partial charge >= 0.3 is 5.69 Å². The van der Waals surface area contributed by atoms with Gasteiger partial charge in [0.15, 0.2) is 5.75 Å². The van der Waals surface area contributed by atoms with E-state index in [4.69, 9.17) is 4.74 Å². The van der Waals surface area contributed by atoms with E-state index in [1.165, 1.54) is 24.3 Å². The molecule has 2 rings (SSSR count). The standard InChI is InChI=1S/C13H9BrFNO3/c14-11-7-10(15)6-5-9(11)8-19-13-4-2-1-3-12(13)16(17)18/h1-7H,8H2. The van der Waals surface area contributed by atoms with Crippen LogP contribution < -0.4 is 4.74 Å². The van der Waals surface area contributed by atoms with Crippen molar-refractivity contribution in [2.75, 3.05) is 0 Å². The lowest BCUT2D eigenvalue weighted by Gasteiger charge is -2.08. The number of hydrogen-bond acceptors (Lipinski definition) is 3. The average Bonchev–Trinajstić information content (AvgIpc) is 2.38. The Morgan fingerprint density at radius 1 is 1.26 bits per heavy atom. The maximum atomic E-state index is 12.9. The molecule has 0 aromatic heterocycles. The SMILES string of the molecule is O=[N+]([O-])c1ccccc1OCc1ccc(F)cc1Br. The summed E-state index contributed by atoms with van der Waals surface area (Å²) in [6.45, 7) is 0.117. The molecule has 0 saturated heterocycles. The number of halogens is 2. The van der Waals surface area contributed by atoms with Gasteiger partial charge in [0, 0.05) is 16.1 Å². The lowest BCUT2D eigenvalue weighted by Crippen LogP contribution is -1.99. The van der Waals surface area contributed by atoms with Crippen molar-refractivity contribution in [2.24, 2.45) is 0 Å². The van der Waals surface area contributed by atoms with Crippen LogP contribution in [0.2, 0.25) is 0 Å². The molecule has 0 spiro atoms. The summed E-state index contributed by atoms with van der Waals surface area (Å²) in [5.41, 5.74) is 0.611. The van der Waals surface area contributed by atoms with Crippen LogP contribution in [0.5, 0.6) is 5.75 Å². The van der Waals surface area contributed by atoms with Crippen LogP contribution >= 0.6 is 15.9 Å². The molecule has 2 aromatic rings. The van der Waals surface area contributed by atoms with Crippen molar-refractivity contribution in [1.82, 2.24) is 0 Å². The summed E-state index contributed by atoms with van der Waals surface area (Å²) in [6, 6.07) is 10.3. The molecule has 0 aliphatic rings. The van der Waals surface area contributed by atoms with Gasteiger partial charge in [-0.05, 0) is 18.2 Å². The fourth-order valence-electron chi connectivity index (χ4n) is 1.52. The summed E-state index contributed by atoms with van der Waals surface area (Å²) in [5, 5.41) is 10.8. The smallest absolute Gasteiger partial charge is 0.310 e. The van der Waals surface area contributed by atoms with Gasteiger partial charge in [0.2, 0.25) is 0 Å². The molecule has 0 fully saturated rings. The maximum absolute atomic E-state index is 12.9. The first-order valence-electron chi connectivity index (χ1n) is 5.38. The third-order valence-corrected chi connectivity index (χ3v) is 3.20. The molecule has 2 aromatic carbocycles. The Balaban J connectivity index is 2.17. The first kappa shape index (κ1) is 13.5. The average molecular weight is 326 g/mol. The number of nitro benzene ring substituents is 1. The number of hydrogen-bond donors (Lipinski definition) is 0. The summed E-state index contributed by atoms with van der Waals surface area (Å²) in [4.78, 5) is 10.3. The quantitative estimate of drug-likeness (QED) is 0.628. The van der Waals surface area contributed by atoms with Crippen molar-refractivity contribution in [1.29, 1.82) is 0 Å². The third-order valence-electron chi connectivity index (χ3n) is 2.46. The van der Waals surface area contributed by atoms with E-state index < -0.39 is 4.92 Å². The first-order valence-corrected chi connectivity index (χ1v) is 6.17. The van der Waals surface area contributed by atoms with Crippen molar-refractivity contribution >= 4 is 21.6 Å². The molecule has 0 heterocycles. The molecule has 0 aliphatic carbocycles. The van der Waals surface area contributed by atoms with E-state index >= 15 is 0 Å². The minimum atomic E-state index is -0.505. The molecule has 6 heteroatoms. The highest BCUT2D eigenvalue weighted by molar-refractivity contribution is 9.10. The number of nitrogens with zero attached hydrogens (tertiary/aromatic N) is 1. The van der Waals surface area contributed by atoms with Gasteiger partial charge in [-0.3, -0.25) is 10.1 Å². The summed E-state index contributed by atoms with van der Waals surface area (Å²) in [5.74, 6) is -0.176. The zero-order valence-electron chi connectivity index (χ0n) is 9.68. The second kappa shape index (κ2) is 5.79. The van der Waals surface area contributed by atoms with Gasteiger partial charge < -0.3 is 4.74 Å². The molecule has 0 saturated carbocycles. The van der Waals surface area contributed by atoms with Crippen LogP contribution in [0, 0.1) is 15.9 Å². The first-order chi connectivity index (χ1) is 9.08. The number of rotatable bonds is 4. The van der Waals surface area contributed by atoms with E-state index in [-0.39, 0.29) is 23.9 Å². The molecule has 0 amide bonds. The van der Waals surface area contributed by atoms with Crippen molar-refractivity contribution < 1.29 is 14.1 Å². The van der Waals surface area contributed by atoms with Crippen LogP contribution in [-0.2, 0) is 6.61 Å². The Morgan fingerprint density at radius 3 is 2.68 bits per heavy atom. The highest BCUT2D eigenvalue weighted by Crippen LogP contribution is 2.27. The number of ether oxygens (including phenoxy) is 1. The molecule has 98 valence electrons. The molecular formula is C13H9BrFNO3. The molecule has 0 aliphatic heterocycles. The van der Waals surface area contributed by atoms with Gasteiger partial charge in [-0.1, -0.05) is 34.1 Å². The molecule has 4 nitrogen and oxygen atoms in total. The van der Waals surface area contributed by atoms with E-state index in [9.17, 15) is 14.5 Å². The van der Waals surface area contributed by atoms with Crippen molar-refractivity contribution in [3.63, 3.8) is 0 Å². The van der Waals surface area contributed by atoms with Gasteiger partial charge in [-0.25, -0.2) is 4.39 Å². The maximum Gasteiger partial charge on any atom is 0.310 e. The zero-order chi connectivity index (χ0) is 13.8. The molecule has 0 bridgehead atoms. The van der Waals surface area contributed by atoms with Gasteiger partial charge in [-0.15, -0.1) is 0 Å². The highest BCUT2D eigenvalue weighted by atomic mass is 79.9. The summed E-state index contributed by atoms with van der Waals surface area (Å²) in [7, 11) is 0. The Bertz CT molecular complexity index is 619. The molecule has 0 unspecified atom stereocenters. The van der Waals surface area contributed by atoms with E-state index in [0.29, 0.717) is 10.0 Å². The number of para-hydroxylation sites is 2. The predicted octanol–water partition coefficient (Wildman–Crippen LogP) is 4.08. The summed E-state index contributed by atoms with van der Waals surface area (Å²) < 4.78 is 18.9. The second-order valence-corrected chi connectivity index (χ2v) is 4.60. The predicted molar refractivity (Wildman–Crippen MR) is 71.5 cm³/mol. The third kappa shape index (κ3) is 3.29. The monoisotopic (exact) mass is 325 g/mol. The van der Waals surface area contributed by atoms with Crippen LogP contribution in [0.15, 0.2) is 46.9 Å². The van der Waals surface area contributed by atoms with Gasteiger partial charge in [0.1, 0.15) is 12.4 Å². The fourth-order valence-corrected chi connectivity index (χ4v) is 1.99. The van der Waals surface area contributed by atoms with Crippen LogP contribution in [0.25, 0.3) is 0 Å². The van der Waals surface area contributed by atoms with Crippen molar-refractivity contribution in [3.8, 4) is 5.75 Å². The van der Waals surface area contributed by atoms with Crippen LogP contribution in [0.3, 0.4) is 0 Å². The van der Waals surface area contributed by atoms with Gasteiger partial charge in [0.25, 0.3) is 0 Å². The van der Waals surface area contributed by atoms with Crippen LogP contribution in [-0.4, -0.2) is 4.92 Å². The fraction of sp³-hybridized carbons (Fsp3) is 0.0769. The highest BCUT2D eigenvalue weighted by Gasteiger charge is 2.14. The van der Waals surface area contributed by atoms with E-state index in [1.807, 2.05) is 0 Å². The van der Waals surface area contributed by atoms with E-state index in [1.54, 1.807) is 18.2 Å². The largest absolute Gasteiger partial charge is 0.482 e. The van der Waals surface area contributed by atoms with Gasteiger partial charge in [-0.2, -0.15) is 0 Å². The molecule has 0 radical (unpaired) electrons. The van der Waals surface area contributed by atoms with Crippen LogP contribution in [0.1, 0.15) is 5.56 Å². The minimum Gasteiger partial charge on any atom is -0.482 e. The lowest BCUT2D eigenvalue weighted by atomic mass is 10.2. The van der Waals surface area contributed by atoms with E-state index in [2.05, 4.69) is 15.9 Å². The molecular weight excluding hydrogens is 317 g/mol. The topological polar surface area (TPSA) is 52.4 Å². The van der Waals surface area contributed by atoms with E-state index in [0.717, 1.165) is 0 Å². The Morgan fingerprint density at radius 2 is 2.00 bits per heavy atom. The normalized spacial score (nSPS) is 10.2. The number of benzene rings is 2. The summed E-state index contributed by atoms with van der Waals surface area (Å²) in [6.07, 6.45) is 0. The minimum absolute atomic E-state index is 0.0965. The summed E-state index contributed by atoms with van der Waals surface area (Å²) >= 11 is 3.21. The lowest BCUT2D eigenvalue weighted by molar-refractivity contribution is -0.385. The van der Waals surface area contributed by atoms with Crippen molar-refractivity contribution in [2.45, 2.75) is 6.61 Å². The van der Waals surface area contributed by atoms with Crippen molar-refractivity contribution in [3.05, 3.63) is 68.4 Å². The zero-order valence-corrected chi connectivity index (χ0v) is 11.3. The van der Waals surface area contributed by atoms with Crippen LogP contribution in [0.4, 0.5) is 10.1 Å². The second-order valence-electron chi connectivity index (χ2n) is 3.75. The Hall–Kier alpha value is -1.95. The molecule has 19 heavy (non-hydrogen) atoms. The number of nitro groups is 1. The molecule has 0 N–H and O–H groups in total. The van der Waals surface area contributed by atoms with Gasteiger partial charge in [0.05, 0.1) is 4.92 Å². The molecule has 0 atom stereocenters.